The number of unbranched alkanes of at least 4 members (excludes halogenated alkanes) is 2. The first-order valence-corrected chi connectivity index (χ1v) is 12.3. The topological polar surface area (TPSA) is 94.8 Å². The van der Waals surface area contributed by atoms with Crippen LogP contribution < -0.4 is 0 Å². The van der Waals surface area contributed by atoms with Crippen molar-refractivity contribution < 1.29 is 24.9 Å². The van der Waals surface area contributed by atoms with Gasteiger partial charge in [-0.3, -0.25) is 9.59 Å². The van der Waals surface area contributed by atoms with Crippen LogP contribution in [0.4, 0.5) is 0 Å². The standard InChI is InChI=1S/C23H40O5S/c1-3-8-17(2)20(25)11-7-9-18-13-14-21(26)19(18)10-5-4-6-12-22(23(27)28)29-16-15-24/h7,9,17-20,22,24-25H,3-6,8,10-16H2,1-2H3,(H,27,28)/t17?,18-,19+,20?,22?/m0/s1. The highest BCUT2D eigenvalue weighted by molar-refractivity contribution is 8.00. The zero-order valence-corrected chi connectivity index (χ0v) is 18.9. The van der Waals surface area contributed by atoms with Crippen LogP contribution in [-0.4, -0.2) is 50.8 Å². The zero-order valence-electron chi connectivity index (χ0n) is 18.1. The van der Waals surface area contributed by atoms with Gasteiger partial charge in [0.15, 0.2) is 0 Å². The Hall–Kier alpha value is -0.850. The van der Waals surface area contributed by atoms with E-state index in [1.807, 2.05) is 0 Å². The number of ketones is 1. The predicted octanol–water partition coefficient (Wildman–Crippen LogP) is 4.45. The molecule has 1 aliphatic rings. The normalized spacial score (nSPS) is 22.8. The number of thioether (sulfide) groups is 1. The monoisotopic (exact) mass is 428 g/mol. The van der Waals surface area contributed by atoms with Gasteiger partial charge in [0, 0.05) is 18.1 Å². The van der Waals surface area contributed by atoms with Gasteiger partial charge in [0.2, 0.25) is 0 Å². The first-order valence-electron chi connectivity index (χ1n) is 11.2. The molecule has 0 saturated heterocycles. The van der Waals surface area contributed by atoms with E-state index in [0.717, 1.165) is 44.9 Å². The van der Waals surface area contributed by atoms with Crippen LogP contribution in [0.2, 0.25) is 0 Å². The third kappa shape index (κ3) is 10.1. The predicted molar refractivity (Wildman–Crippen MR) is 119 cm³/mol. The summed E-state index contributed by atoms with van der Waals surface area (Å²) >= 11 is 1.30. The van der Waals surface area contributed by atoms with Crippen LogP contribution in [0, 0.1) is 17.8 Å². The number of hydrogen-bond donors (Lipinski definition) is 3. The molecular weight excluding hydrogens is 388 g/mol. The highest BCUT2D eigenvalue weighted by atomic mass is 32.2. The first kappa shape index (κ1) is 26.2. The average Bonchev–Trinajstić information content (AvgIpc) is 3.03. The van der Waals surface area contributed by atoms with Crippen LogP contribution >= 0.6 is 11.8 Å². The van der Waals surface area contributed by atoms with Gasteiger partial charge in [-0.15, -0.1) is 11.8 Å². The van der Waals surface area contributed by atoms with Gasteiger partial charge in [-0.2, -0.15) is 0 Å². The number of aliphatic hydroxyl groups is 2. The van der Waals surface area contributed by atoms with E-state index in [2.05, 4.69) is 26.0 Å². The molecule has 29 heavy (non-hydrogen) atoms. The number of carbonyl (C=O) groups excluding carboxylic acids is 1. The van der Waals surface area contributed by atoms with E-state index in [1.54, 1.807) is 0 Å². The van der Waals surface area contributed by atoms with Crippen LogP contribution in [0.5, 0.6) is 0 Å². The maximum Gasteiger partial charge on any atom is 0.316 e. The number of rotatable bonds is 16. The maximum atomic E-state index is 12.3. The number of Topliss-reactive ketones (excluding diaryl/α,β-unsaturated/α-hetero) is 1. The Bertz CT molecular complexity index is 507. The summed E-state index contributed by atoms with van der Waals surface area (Å²) in [6.07, 6.45) is 12.4. The average molecular weight is 429 g/mol. The molecule has 0 heterocycles. The molecule has 1 aliphatic carbocycles. The van der Waals surface area contributed by atoms with Gasteiger partial charge >= 0.3 is 5.97 Å². The number of aliphatic hydroxyl groups excluding tert-OH is 2. The molecule has 1 rings (SSSR count). The lowest BCUT2D eigenvalue weighted by atomic mass is 9.89. The minimum Gasteiger partial charge on any atom is -0.480 e. The van der Waals surface area contributed by atoms with Gasteiger partial charge < -0.3 is 15.3 Å². The second-order valence-electron chi connectivity index (χ2n) is 8.33. The Morgan fingerprint density at radius 3 is 2.69 bits per heavy atom. The number of carboxylic acids is 1. The fourth-order valence-electron chi connectivity index (χ4n) is 4.16. The lowest BCUT2D eigenvalue weighted by Crippen LogP contribution is -2.18. The highest BCUT2D eigenvalue weighted by Gasteiger charge is 2.32. The Morgan fingerprint density at radius 2 is 2.03 bits per heavy atom. The molecule has 0 spiro atoms. The van der Waals surface area contributed by atoms with E-state index in [4.69, 9.17) is 5.11 Å². The summed E-state index contributed by atoms with van der Waals surface area (Å²) in [5.41, 5.74) is 0. The quantitative estimate of drug-likeness (QED) is 0.248. The van der Waals surface area contributed by atoms with Crippen molar-refractivity contribution in [1.82, 2.24) is 0 Å². The molecule has 0 aliphatic heterocycles. The molecule has 3 unspecified atom stereocenters. The molecule has 1 fully saturated rings. The third-order valence-electron chi connectivity index (χ3n) is 5.98. The van der Waals surface area contributed by atoms with Crippen LogP contribution in [-0.2, 0) is 9.59 Å². The van der Waals surface area contributed by atoms with Gasteiger partial charge in [-0.25, -0.2) is 0 Å². The van der Waals surface area contributed by atoms with E-state index in [1.165, 1.54) is 11.8 Å². The first-order chi connectivity index (χ1) is 13.9. The van der Waals surface area contributed by atoms with Crippen molar-refractivity contribution >= 4 is 23.5 Å². The van der Waals surface area contributed by atoms with Gasteiger partial charge in [0.05, 0.1) is 12.7 Å². The van der Waals surface area contributed by atoms with E-state index < -0.39 is 11.2 Å². The maximum absolute atomic E-state index is 12.3. The van der Waals surface area contributed by atoms with E-state index in [-0.39, 0.29) is 24.5 Å². The fraction of sp³-hybridized carbons (Fsp3) is 0.826. The number of allylic oxidation sites excluding steroid dienone is 1. The minimum absolute atomic E-state index is 0.00168. The van der Waals surface area contributed by atoms with Crippen molar-refractivity contribution in [2.75, 3.05) is 12.4 Å². The minimum atomic E-state index is -0.810. The molecular formula is C23H40O5S. The van der Waals surface area contributed by atoms with Crippen molar-refractivity contribution in [3.8, 4) is 0 Å². The van der Waals surface area contributed by atoms with Gasteiger partial charge in [-0.05, 0) is 43.9 Å². The Balaban J connectivity index is 2.35. The highest BCUT2D eigenvalue weighted by Crippen LogP contribution is 2.34. The molecule has 168 valence electrons. The zero-order chi connectivity index (χ0) is 21.6. The number of carboxylic acid groups (broad SMARTS) is 1. The largest absolute Gasteiger partial charge is 0.480 e. The molecule has 1 saturated carbocycles. The van der Waals surface area contributed by atoms with E-state index in [9.17, 15) is 19.8 Å². The van der Waals surface area contributed by atoms with Gasteiger partial charge in [-0.1, -0.05) is 51.7 Å². The smallest absolute Gasteiger partial charge is 0.316 e. The summed E-state index contributed by atoms with van der Waals surface area (Å²) in [5, 5.41) is 27.8. The fourth-order valence-corrected chi connectivity index (χ4v) is 5.02. The SMILES string of the molecule is CCCC(C)C(O)CC=C[C@H]1CCC(=O)[C@@H]1CCCCCC(SCCO)C(=O)O. The van der Waals surface area contributed by atoms with E-state index in [0.29, 0.717) is 36.7 Å². The van der Waals surface area contributed by atoms with Crippen molar-refractivity contribution in [1.29, 1.82) is 0 Å². The molecule has 0 aromatic carbocycles. The lowest BCUT2D eigenvalue weighted by molar-refractivity contribution is -0.136. The molecule has 5 nitrogen and oxygen atoms in total. The summed E-state index contributed by atoms with van der Waals surface area (Å²) in [7, 11) is 0. The molecule has 0 aromatic heterocycles. The Kier molecular flexibility index (Phi) is 13.6. The lowest BCUT2D eigenvalue weighted by Gasteiger charge is -2.18. The summed E-state index contributed by atoms with van der Waals surface area (Å²) in [4.78, 5) is 23.5. The number of aliphatic carboxylic acids is 1. The molecule has 0 bridgehead atoms. The number of hydrogen-bond acceptors (Lipinski definition) is 5. The molecule has 0 amide bonds. The van der Waals surface area contributed by atoms with Crippen LogP contribution in [0.1, 0.15) is 78.1 Å². The molecule has 6 heteroatoms. The van der Waals surface area contributed by atoms with Crippen molar-refractivity contribution in [3.05, 3.63) is 12.2 Å². The molecule has 0 radical (unpaired) electrons. The summed E-state index contributed by atoms with van der Waals surface area (Å²) in [6, 6.07) is 0. The summed E-state index contributed by atoms with van der Waals surface area (Å²) in [6.45, 7) is 4.21. The molecule has 0 aromatic rings. The molecule has 5 atom stereocenters. The van der Waals surface area contributed by atoms with Crippen LogP contribution in [0.15, 0.2) is 12.2 Å². The van der Waals surface area contributed by atoms with E-state index >= 15 is 0 Å². The number of carbonyl (C=O) groups is 2. The van der Waals surface area contributed by atoms with Crippen molar-refractivity contribution in [2.24, 2.45) is 17.8 Å². The van der Waals surface area contributed by atoms with Gasteiger partial charge in [0.1, 0.15) is 11.0 Å². The molecule has 3 N–H and O–H groups in total. The second kappa shape index (κ2) is 15.0. The summed E-state index contributed by atoms with van der Waals surface area (Å²) in [5.74, 6) is 0.652. The van der Waals surface area contributed by atoms with Gasteiger partial charge in [0.25, 0.3) is 0 Å². The Labute approximate surface area is 180 Å². The second-order valence-corrected chi connectivity index (χ2v) is 9.64. The van der Waals surface area contributed by atoms with Crippen LogP contribution in [0.25, 0.3) is 0 Å². The van der Waals surface area contributed by atoms with Crippen molar-refractivity contribution in [2.45, 2.75) is 89.4 Å². The van der Waals surface area contributed by atoms with Crippen molar-refractivity contribution in [3.63, 3.8) is 0 Å². The third-order valence-corrected chi connectivity index (χ3v) is 7.24. The van der Waals surface area contributed by atoms with Crippen LogP contribution in [0.3, 0.4) is 0 Å². The Morgan fingerprint density at radius 1 is 1.28 bits per heavy atom. The summed E-state index contributed by atoms with van der Waals surface area (Å²) < 4.78 is 0.